The summed E-state index contributed by atoms with van der Waals surface area (Å²) < 4.78 is 23.2. The lowest BCUT2D eigenvalue weighted by Gasteiger charge is -2.10. The van der Waals surface area contributed by atoms with Crippen LogP contribution in [0.15, 0.2) is 58.1 Å². The van der Waals surface area contributed by atoms with E-state index in [2.05, 4.69) is 4.98 Å². The molecule has 0 saturated carbocycles. The maximum absolute atomic E-state index is 13.3. The highest BCUT2D eigenvalue weighted by Crippen LogP contribution is 2.25. The molecule has 0 spiro atoms. The molecule has 29 heavy (non-hydrogen) atoms. The number of hydrogen-bond acceptors (Lipinski definition) is 4. The molecular formula is C21H19FN4O3. The maximum Gasteiger partial charge on any atom is 0.332 e. The van der Waals surface area contributed by atoms with Crippen LogP contribution in [-0.2, 0) is 20.6 Å². The van der Waals surface area contributed by atoms with Gasteiger partial charge in [-0.3, -0.25) is 18.5 Å². The third-order valence-corrected chi connectivity index (χ3v) is 4.77. The van der Waals surface area contributed by atoms with Gasteiger partial charge in [0, 0.05) is 14.1 Å². The average molecular weight is 394 g/mol. The van der Waals surface area contributed by atoms with Crippen LogP contribution in [0, 0.1) is 12.7 Å². The van der Waals surface area contributed by atoms with Crippen LogP contribution in [0.5, 0.6) is 11.8 Å². The van der Waals surface area contributed by atoms with E-state index in [1.165, 1.54) is 23.7 Å². The molecule has 148 valence electrons. The SMILES string of the molecule is Cc1cccc(Oc2nc3c(c(=O)n(C)c(=O)n3C)n2Cc2ccc(F)cc2)c1. The van der Waals surface area contributed by atoms with Gasteiger partial charge in [-0.25, -0.2) is 9.18 Å². The van der Waals surface area contributed by atoms with Crippen molar-refractivity contribution in [2.45, 2.75) is 13.5 Å². The summed E-state index contributed by atoms with van der Waals surface area (Å²) in [5, 5.41) is 0. The molecule has 4 rings (SSSR count). The van der Waals surface area contributed by atoms with Gasteiger partial charge in [-0.2, -0.15) is 4.98 Å². The molecule has 0 unspecified atom stereocenters. The van der Waals surface area contributed by atoms with Crippen molar-refractivity contribution >= 4 is 11.2 Å². The Kier molecular flexibility index (Phi) is 4.54. The van der Waals surface area contributed by atoms with Crippen molar-refractivity contribution in [2.24, 2.45) is 14.1 Å². The van der Waals surface area contributed by atoms with Crippen molar-refractivity contribution < 1.29 is 9.13 Å². The van der Waals surface area contributed by atoms with Crippen molar-refractivity contribution in [1.82, 2.24) is 18.7 Å². The molecular weight excluding hydrogens is 375 g/mol. The first-order valence-corrected chi connectivity index (χ1v) is 9.00. The highest BCUT2D eigenvalue weighted by atomic mass is 19.1. The number of rotatable bonds is 4. The first-order valence-electron chi connectivity index (χ1n) is 9.00. The molecule has 0 atom stereocenters. The molecule has 0 aliphatic rings. The van der Waals surface area contributed by atoms with Crippen molar-refractivity contribution in [1.29, 1.82) is 0 Å². The van der Waals surface area contributed by atoms with Crippen LogP contribution < -0.4 is 16.0 Å². The molecule has 0 saturated heterocycles. The smallest absolute Gasteiger partial charge is 0.332 e. The Morgan fingerprint density at radius 3 is 2.45 bits per heavy atom. The molecule has 0 fully saturated rings. The summed E-state index contributed by atoms with van der Waals surface area (Å²) in [6.45, 7) is 2.17. The second kappa shape index (κ2) is 7.05. The van der Waals surface area contributed by atoms with Gasteiger partial charge in [0.1, 0.15) is 11.6 Å². The first kappa shape index (κ1) is 18.7. The zero-order valence-electron chi connectivity index (χ0n) is 16.2. The predicted octanol–water partition coefficient (Wildman–Crippen LogP) is 2.72. The highest BCUT2D eigenvalue weighted by molar-refractivity contribution is 5.72. The lowest BCUT2D eigenvalue weighted by molar-refractivity contribution is 0.421. The number of imidazole rings is 1. The van der Waals surface area contributed by atoms with E-state index in [0.29, 0.717) is 5.75 Å². The topological polar surface area (TPSA) is 71.1 Å². The number of hydrogen-bond donors (Lipinski definition) is 0. The van der Waals surface area contributed by atoms with Crippen molar-refractivity contribution in [3.63, 3.8) is 0 Å². The van der Waals surface area contributed by atoms with Crippen molar-refractivity contribution in [2.75, 3.05) is 0 Å². The summed E-state index contributed by atoms with van der Waals surface area (Å²) in [5.74, 6) is 0.210. The van der Waals surface area contributed by atoms with E-state index in [1.54, 1.807) is 29.8 Å². The molecule has 0 aliphatic heterocycles. The fourth-order valence-electron chi connectivity index (χ4n) is 3.21. The molecule has 0 amide bonds. The first-order chi connectivity index (χ1) is 13.8. The Morgan fingerprint density at radius 2 is 1.76 bits per heavy atom. The number of ether oxygens (including phenoxy) is 1. The highest BCUT2D eigenvalue weighted by Gasteiger charge is 2.21. The number of aryl methyl sites for hydroxylation is 2. The third-order valence-electron chi connectivity index (χ3n) is 4.77. The number of nitrogens with zero attached hydrogens (tertiary/aromatic N) is 4. The quantitative estimate of drug-likeness (QED) is 0.534. The van der Waals surface area contributed by atoms with Crippen LogP contribution in [0.2, 0.25) is 0 Å². The van der Waals surface area contributed by atoms with Gasteiger partial charge in [-0.15, -0.1) is 0 Å². The van der Waals surface area contributed by atoms with Crippen LogP contribution >= 0.6 is 0 Å². The summed E-state index contributed by atoms with van der Waals surface area (Å²) in [6, 6.07) is 13.6. The lowest BCUT2D eigenvalue weighted by Crippen LogP contribution is -2.37. The molecule has 2 aromatic heterocycles. The third kappa shape index (κ3) is 3.33. The molecule has 0 aliphatic carbocycles. The van der Waals surface area contributed by atoms with Crippen LogP contribution in [0.3, 0.4) is 0 Å². The fraction of sp³-hybridized carbons (Fsp3) is 0.190. The Balaban J connectivity index is 1.94. The molecule has 2 aromatic carbocycles. The summed E-state index contributed by atoms with van der Waals surface area (Å²) in [4.78, 5) is 29.6. The van der Waals surface area contributed by atoms with Gasteiger partial charge in [0.05, 0.1) is 6.54 Å². The molecule has 0 N–H and O–H groups in total. The largest absolute Gasteiger partial charge is 0.425 e. The Labute approximate surface area is 165 Å². The number of halogens is 1. The van der Waals surface area contributed by atoms with Gasteiger partial charge in [0.25, 0.3) is 5.56 Å². The van der Waals surface area contributed by atoms with Gasteiger partial charge in [0.2, 0.25) is 0 Å². The zero-order valence-corrected chi connectivity index (χ0v) is 16.2. The molecule has 0 radical (unpaired) electrons. The van der Waals surface area contributed by atoms with E-state index in [-0.39, 0.29) is 29.5 Å². The van der Waals surface area contributed by atoms with Gasteiger partial charge in [-0.05, 0) is 42.3 Å². The standard InChI is InChI=1S/C21H19FN4O3/c1-13-5-4-6-16(11-13)29-20-23-18-17(19(27)25(3)21(28)24(18)2)26(20)12-14-7-9-15(22)10-8-14/h4-11H,12H2,1-3H3. The van der Waals surface area contributed by atoms with Crippen LogP contribution in [0.1, 0.15) is 11.1 Å². The number of fused-ring (bicyclic) bond motifs is 1. The van der Waals surface area contributed by atoms with E-state index in [4.69, 9.17) is 4.74 Å². The molecule has 8 heteroatoms. The number of benzene rings is 2. The maximum atomic E-state index is 13.3. The molecule has 4 aromatic rings. The summed E-state index contributed by atoms with van der Waals surface area (Å²) in [5.41, 5.74) is 1.28. The van der Waals surface area contributed by atoms with E-state index < -0.39 is 11.2 Å². The normalized spacial score (nSPS) is 11.2. The molecule has 2 heterocycles. The molecule has 0 bridgehead atoms. The van der Waals surface area contributed by atoms with Gasteiger partial charge in [0.15, 0.2) is 11.2 Å². The van der Waals surface area contributed by atoms with E-state index in [1.807, 2.05) is 25.1 Å². The van der Waals surface area contributed by atoms with Crippen LogP contribution in [-0.4, -0.2) is 18.7 Å². The van der Waals surface area contributed by atoms with Crippen molar-refractivity contribution in [3.8, 4) is 11.8 Å². The second-order valence-corrected chi connectivity index (χ2v) is 6.90. The Morgan fingerprint density at radius 1 is 1.03 bits per heavy atom. The molecule has 7 nitrogen and oxygen atoms in total. The van der Waals surface area contributed by atoms with Gasteiger partial charge in [-0.1, -0.05) is 24.3 Å². The minimum Gasteiger partial charge on any atom is -0.425 e. The van der Waals surface area contributed by atoms with E-state index in [9.17, 15) is 14.0 Å². The predicted molar refractivity (Wildman–Crippen MR) is 107 cm³/mol. The lowest BCUT2D eigenvalue weighted by atomic mass is 10.2. The summed E-state index contributed by atoms with van der Waals surface area (Å²) in [7, 11) is 2.97. The van der Waals surface area contributed by atoms with Gasteiger partial charge < -0.3 is 4.74 Å². The average Bonchev–Trinajstić information content (AvgIpc) is 3.04. The second-order valence-electron chi connectivity index (χ2n) is 6.90. The monoisotopic (exact) mass is 394 g/mol. The van der Waals surface area contributed by atoms with E-state index >= 15 is 0 Å². The summed E-state index contributed by atoms with van der Waals surface area (Å²) in [6.07, 6.45) is 0. The van der Waals surface area contributed by atoms with Crippen LogP contribution in [0.4, 0.5) is 4.39 Å². The van der Waals surface area contributed by atoms with Gasteiger partial charge >= 0.3 is 11.7 Å². The number of aromatic nitrogens is 4. The minimum atomic E-state index is -0.476. The summed E-state index contributed by atoms with van der Waals surface area (Å²) >= 11 is 0. The zero-order chi connectivity index (χ0) is 20.7. The Bertz CT molecular complexity index is 1330. The van der Waals surface area contributed by atoms with Crippen LogP contribution in [0.25, 0.3) is 11.2 Å². The van der Waals surface area contributed by atoms with Crippen molar-refractivity contribution in [3.05, 3.63) is 86.3 Å². The fourth-order valence-corrected chi connectivity index (χ4v) is 3.21. The minimum absolute atomic E-state index is 0.174. The Hall–Kier alpha value is -3.68. The van der Waals surface area contributed by atoms with E-state index in [0.717, 1.165) is 15.7 Å².